The van der Waals surface area contributed by atoms with Crippen molar-refractivity contribution in [2.45, 2.75) is 23.8 Å². The highest BCUT2D eigenvalue weighted by molar-refractivity contribution is 8.00. The lowest BCUT2D eigenvalue weighted by atomic mass is 10.2. The summed E-state index contributed by atoms with van der Waals surface area (Å²) in [6, 6.07) is 0. The van der Waals surface area contributed by atoms with Gasteiger partial charge in [0.2, 0.25) is 0 Å². The minimum absolute atomic E-state index is 0.102. The van der Waals surface area contributed by atoms with E-state index in [9.17, 15) is 14.4 Å². The molecular formula is C12H10N2O5S2. The van der Waals surface area contributed by atoms with E-state index in [2.05, 4.69) is 9.97 Å². The van der Waals surface area contributed by atoms with Crippen molar-refractivity contribution in [3.8, 4) is 0 Å². The highest BCUT2D eigenvalue weighted by Crippen LogP contribution is 2.31. The Kier molecular flexibility index (Phi) is 3.46. The first-order valence-corrected chi connectivity index (χ1v) is 7.77. The second kappa shape index (κ2) is 5.15. The number of aryl methyl sites for hydroxylation is 1. The van der Waals surface area contributed by atoms with Gasteiger partial charge in [0.15, 0.2) is 5.16 Å². The quantitative estimate of drug-likeness (QED) is 0.648. The summed E-state index contributed by atoms with van der Waals surface area (Å²) >= 11 is 2.09. The van der Waals surface area contributed by atoms with Gasteiger partial charge in [-0.05, 0) is 12.5 Å². The number of thioether (sulfide) groups is 1. The molecule has 2 N–H and O–H groups in total. The van der Waals surface area contributed by atoms with E-state index < -0.39 is 11.5 Å². The zero-order chi connectivity index (χ0) is 15.1. The minimum Gasteiger partial charge on any atom is -0.477 e. The summed E-state index contributed by atoms with van der Waals surface area (Å²) < 4.78 is 4.86. The molecule has 7 nitrogen and oxygen atoms in total. The number of ether oxygens (including phenoxy) is 1. The molecule has 1 aliphatic heterocycles. The smallest absolute Gasteiger partial charge is 0.346 e. The van der Waals surface area contributed by atoms with Crippen molar-refractivity contribution in [3.63, 3.8) is 0 Å². The molecule has 9 heteroatoms. The number of nitrogens with one attached hydrogen (secondary N) is 1. The van der Waals surface area contributed by atoms with Crippen LogP contribution in [0.1, 0.15) is 21.7 Å². The molecule has 21 heavy (non-hydrogen) atoms. The van der Waals surface area contributed by atoms with Gasteiger partial charge in [-0.3, -0.25) is 9.59 Å². The molecule has 0 radical (unpaired) electrons. The first-order valence-electron chi connectivity index (χ1n) is 6.07. The molecule has 0 aliphatic carbocycles. The Bertz CT molecular complexity index is 810. The summed E-state index contributed by atoms with van der Waals surface area (Å²) in [6.45, 7) is 1.95. The number of carbonyl (C=O) groups is 2. The summed E-state index contributed by atoms with van der Waals surface area (Å²) in [6.07, 6.45) is 0.565. The third-order valence-electron chi connectivity index (χ3n) is 3.11. The molecule has 0 amide bonds. The fraction of sp³-hybridized carbons (Fsp3) is 0.333. The lowest BCUT2D eigenvalue weighted by Gasteiger charge is -2.04. The van der Waals surface area contributed by atoms with E-state index in [4.69, 9.17) is 9.84 Å². The molecule has 1 saturated heterocycles. The number of H-pyrrole nitrogens is 1. The second-order valence-corrected chi connectivity index (χ2v) is 6.67. The molecule has 0 aromatic carbocycles. The zero-order valence-corrected chi connectivity index (χ0v) is 12.5. The predicted molar refractivity (Wildman–Crippen MR) is 77.2 cm³/mol. The van der Waals surface area contributed by atoms with Gasteiger partial charge in [0.05, 0.1) is 12.0 Å². The topological polar surface area (TPSA) is 109 Å². The number of aromatic amines is 1. The fourth-order valence-corrected chi connectivity index (χ4v) is 4.12. The van der Waals surface area contributed by atoms with Crippen LogP contribution in [0.5, 0.6) is 0 Å². The van der Waals surface area contributed by atoms with Crippen LogP contribution in [0.4, 0.5) is 0 Å². The minimum atomic E-state index is -1.08. The highest BCUT2D eigenvalue weighted by Gasteiger charge is 2.29. The number of carbonyl (C=O) groups excluding carboxylic acids is 1. The number of carboxylic acid groups (broad SMARTS) is 1. The molecule has 1 atom stereocenters. The Morgan fingerprint density at radius 2 is 2.29 bits per heavy atom. The van der Waals surface area contributed by atoms with Crippen LogP contribution in [0.3, 0.4) is 0 Å². The molecule has 1 fully saturated rings. The molecule has 0 bridgehead atoms. The van der Waals surface area contributed by atoms with Crippen molar-refractivity contribution in [1.82, 2.24) is 9.97 Å². The predicted octanol–water partition coefficient (Wildman–Crippen LogP) is 1.40. The first kappa shape index (κ1) is 14.1. The van der Waals surface area contributed by atoms with E-state index in [0.29, 0.717) is 28.6 Å². The van der Waals surface area contributed by atoms with E-state index in [0.717, 1.165) is 23.1 Å². The van der Waals surface area contributed by atoms with Gasteiger partial charge in [0.25, 0.3) is 5.56 Å². The van der Waals surface area contributed by atoms with Gasteiger partial charge in [0, 0.05) is 6.42 Å². The van der Waals surface area contributed by atoms with Crippen molar-refractivity contribution >= 4 is 45.3 Å². The number of hydrogen-bond acceptors (Lipinski definition) is 7. The standard InChI is InChI=1S/C12H10N2O5S2/c1-4-6-8(15)13-12(20-5-2-3-19-11(5)18)14-9(6)21-7(4)10(16)17/h5H,2-3H2,1H3,(H,16,17)(H,13,14,15). The van der Waals surface area contributed by atoms with Crippen LogP contribution in [0, 0.1) is 6.92 Å². The average molecular weight is 326 g/mol. The van der Waals surface area contributed by atoms with Gasteiger partial charge in [-0.25, -0.2) is 9.78 Å². The number of aromatic nitrogens is 2. The SMILES string of the molecule is Cc1c(C(=O)O)sc2nc(SC3CCOC3=O)[nH]c(=O)c12. The summed E-state index contributed by atoms with van der Waals surface area (Å²) in [5.41, 5.74) is 0.0168. The number of fused-ring (bicyclic) bond motifs is 1. The Balaban J connectivity index is 2.05. The number of rotatable bonds is 3. The second-order valence-electron chi connectivity index (χ2n) is 4.48. The largest absolute Gasteiger partial charge is 0.477 e. The van der Waals surface area contributed by atoms with E-state index >= 15 is 0 Å². The van der Waals surface area contributed by atoms with E-state index in [-0.39, 0.29) is 21.5 Å². The molecule has 0 spiro atoms. The molecule has 2 aromatic rings. The van der Waals surface area contributed by atoms with E-state index in [1.807, 2.05) is 0 Å². The van der Waals surface area contributed by atoms with Crippen LogP contribution in [0.15, 0.2) is 9.95 Å². The molecule has 110 valence electrons. The number of nitrogens with zero attached hydrogens (tertiary/aromatic N) is 1. The molecule has 1 unspecified atom stereocenters. The lowest BCUT2D eigenvalue weighted by molar-refractivity contribution is -0.137. The fourth-order valence-electron chi connectivity index (χ4n) is 2.10. The van der Waals surface area contributed by atoms with Gasteiger partial charge in [-0.15, -0.1) is 11.3 Å². The number of aromatic carboxylic acids is 1. The summed E-state index contributed by atoms with van der Waals surface area (Å²) in [7, 11) is 0. The van der Waals surface area contributed by atoms with Crippen molar-refractivity contribution in [3.05, 3.63) is 20.8 Å². The molecule has 2 aromatic heterocycles. The number of carboxylic acids is 1. The van der Waals surface area contributed by atoms with Gasteiger partial charge >= 0.3 is 11.9 Å². The third-order valence-corrected chi connectivity index (χ3v) is 5.42. The lowest BCUT2D eigenvalue weighted by Crippen LogP contribution is -2.14. The average Bonchev–Trinajstić information content (AvgIpc) is 2.95. The van der Waals surface area contributed by atoms with Gasteiger partial charge in [0.1, 0.15) is 15.0 Å². The van der Waals surface area contributed by atoms with Crippen LogP contribution < -0.4 is 5.56 Å². The van der Waals surface area contributed by atoms with Gasteiger partial charge in [-0.1, -0.05) is 11.8 Å². The summed E-state index contributed by atoms with van der Waals surface area (Å²) in [5, 5.41) is 9.30. The number of hydrogen-bond donors (Lipinski definition) is 2. The molecule has 0 saturated carbocycles. The Hall–Kier alpha value is -1.87. The summed E-state index contributed by atoms with van der Waals surface area (Å²) in [5.74, 6) is -1.40. The molecule has 1 aliphatic rings. The first-order chi connectivity index (χ1) is 9.97. The number of thiophene rings is 1. The molecular weight excluding hydrogens is 316 g/mol. The molecule has 3 heterocycles. The van der Waals surface area contributed by atoms with Crippen LogP contribution >= 0.6 is 23.1 Å². The highest BCUT2D eigenvalue weighted by atomic mass is 32.2. The number of cyclic esters (lactones) is 1. The van der Waals surface area contributed by atoms with Crippen LogP contribution in [-0.4, -0.2) is 38.9 Å². The normalized spacial score (nSPS) is 18.1. The zero-order valence-electron chi connectivity index (χ0n) is 10.8. The maximum Gasteiger partial charge on any atom is 0.346 e. The Morgan fingerprint density at radius 3 is 2.90 bits per heavy atom. The maximum atomic E-state index is 12.1. The number of esters is 1. The molecule has 3 rings (SSSR count). The van der Waals surface area contributed by atoms with Crippen LogP contribution in [0.2, 0.25) is 0 Å². The van der Waals surface area contributed by atoms with Crippen LogP contribution in [-0.2, 0) is 9.53 Å². The maximum absolute atomic E-state index is 12.1. The van der Waals surface area contributed by atoms with Crippen LogP contribution in [0.25, 0.3) is 10.2 Å². The Morgan fingerprint density at radius 1 is 1.52 bits per heavy atom. The van der Waals surface area contributed by atoms with Crippen molar-refractivity contribution in [1.29, 1.82) is 0 Å². The third kappa shape index (κ3) is 2.42. The van der Waals surface area contributed by atoms with Gasteiger partial charge < -0.3 is 14.8 Å². The van der Waals surface area contributed by atoms with Crippen molar-refractivity contribution in [2.24, 2.45) is 0 Å². The van der Waals surface area contributed by atoms with E-state index in [1.54, 1.807) is 6.92 Å². The van der Waals surface area contributed by atoms with Crippen molar-refractivity contribution < 1.29 is 19.4 Å². The monoisotopic (exact) mass is 326 g/mol. The van der Waals surface area contributed by atoms with Crippen molar-refractivity contribution in [2.75, 3.05) is 6.61 Å². The Labute approximate surface area is 126 Å². The van der Waals surface area contributed by atoms with Gasteiger partial charge in [-0.2, -0.15) is 0 Å². The summed E-state index contributed by atoms with van der Waals surface area (Å²) in [4.78, 5) is 42.0. The van der Waals surface area contributed by atoms with E-state index in [1.165, 1.54) is 0 Å².